The first-order chi connectivity index (χ1) is 9.52. The predicted octanol–water partition coefficient (Wildman–Crippen LogP) is 2.55. The van der Waals surface area contributed by atoms with Crippen LogP contribution in [0.2, 0.25) is 5.02 Å². The number of rotatable bonds is 4. The number of halogens is 1. The van der Waals surface area contributed by atoms with Crippen LogP contribution in [0.5, 0.6) is 0 Å². The van der Waals surface area contributed by atoms with Gasteiger partial charge in [-0.2, -0.15) is 0 Å². The molecule has 1 N–H and O–H groups in total. The van der Waals surface area contributed by atoms with Gasteiger partial charge in [0.05, 0.1) is 16.6 Å². The molecule has 1 saturated carbocycles. The summed E-state index contributed by atoms with van der Waals surface area (Å²) in [6.45, 7) is 0. The van der Waals surface area contributed by atoms with Crippen LogP contribution in [0.4, 0.5) is 5.69 Å². The lowest BCUT2D eigenvalue weighted by atomic mass is 10.1. The molecule has 0 saturated heterocycles. The molecule has 0 aliphatic heterocycles. The highest BCUT2D eigenvalue weighted by Crippen LogP contribution is 2.28. The number of nitrogens with one attached hydrogen (secondary N) is 1. The highest BCUT2D eigenvalue weighted by Gasteiger charge is 2.27. The molecule has 1 amide bonds. The molecule has 7 heteroatoms. The molecule has 1 aromatic rings. The molecule has 2 atom stereocenters. The minimum absolute atomic E-state index is 0.0165. The second-order valence-electron chi connectivity index (χ2n) is 4.74. The van der Waals surface area contributed by atoms with Gasteiger partial charge >= 0.3 is 0 Å². The molecule has 0 heterocycles. The van der Waals surface area contributed by atoms with Gasteiger partial charge in [-0.3, -0.25) is 14.9 Å². The minimum Gasteiger partial charge on any atom is -0.381 e. The molecule has 0 spiro atoms. The Hall–Kier alpha value is -1.66. The number of nitro benzene ring substituents is 1. The fourth-order valence-corrected chi connectivity index (χ4v) is 2.67. The van der Waals surface area contributed by atoms with Gasteiger partial charge in [-0.25, -0.2) is 0 Å². The third-order valence-corrected chi connectivity index (χ3v) is 3.87. The van der Waals surface area contributed by atoms with Gasteiger partial charge in [0.15, 0.2) is 0 Å². The summed E-state index contributed by atoms with van der Waals surface area (Å²) in [5.41, 5.74) is -0.137. The van der Waals surface area contributed by atoms with E-state index in [0.717, 1.165) is 19.3 Å². The maximum absolute atomic E-state index is 12.1. The van der Waals surface area contributed by atoms with Crippen LogP contribution in [0.15, 0.2) is 18.2 Å². The topological polar surface area (TPSA) is 81.5 Å². The highest BCUT2D eigenvalue weighted by atomic mass is 35.5. The van der Waals surface area contributed by atoms with Gasteiger partial charge in [0.1, 0.15) is 5.02 Å². The fourth-order valence-electron chi connectivity index (χ4n) is 2.38. The molecule has 1 aromatic carbocycles. The van der Waals surface area contributed by atoms with Gasteiger partial charge in [-0.15, -0.1) is 0 Å². The van der Waals surface area contributed by atoms with Gasteiger partial charge in [0.2, 0.25) is 0 Å². The summed E-state index contributed by atoms with van der Waals surface area (Å²) in [6.07, 6.45) is 2.62. The number of hydrogen-bond donors (Lipinski definition) is 1. The van der Waals surface area contributed by atoms with Crippen molar-refractivity contribution in [3.63, 3.8) is 0 Å². The van der Waals surface area contributed by atoms with E-state index in [9.17, 15) is 14.9 Å². The zero-order valence-corrected chi connectivity index (χ0v) is 11.7. The Labute approximate surface area is 121 Å². The van der Waals surface area contributed by atoms with Gasteiger partial charge in [0, 0.05) is 19.2 Å². The Morgan fingerprint density at radius 1 is 1.50 bits per heavy atom. The van der Waals surface area contributed by atoms with E-state index in [2.05, 4.69) is 5.32 Å². The number of nitrogens with zero attached hydrogens (tertiary/aromatic N) is 1. The average Bonchev–Trinajstić information content (AvgIpc) is 2.86. The van der Waals surface area contributed by atoms with Crippen molar-refractivity contribution in [1.82, 2.24) is 5.32 Å². The van der Waals surface area contributed by atoms with Crippen molar-refractivity contribution >= 4 is 23.2 Å². The van der Waals surface area contributed by atoms with E-state index in [1.807, 2.05) is 0 Å². The van der Waals surface area contributed by atoms with E-state index >= 15 is 0 Å². The highest BCUT2D eigenvalue weighted by molar-refractivity contribution is 6.35. The lowest BCUT2D eigenvalue weighted by Gasteiger charge is -2.13. The van der Waals surface area contributed by atoms with Crippen molar-refractivity contribution in [3.05, 3.63) is 38.9 Å². The third-order valence-electron chi connectivity index (χ3n) is 3.47. The first kappa shape index (κ1) is 14.7. The largest absolute Gasteiger partial charge is 0.381 e. The number of benzene rings is 1. The second kappa shape index (κ2) is 6.19. The van der Waals surface area contributed by atoms with E-state index in [0.29, 0.717) is 0 Å². The van der Waals surface area contributed by atoms with Crippen molar-refractivity contribution < 1.29 is 14.5 Å². The molecule has 1 aliphatic rings. The standard InChI is InChI=1S/C13H15ClN2O4/c1-20-9-6-5-8(7-9)15-13(17)10-3-2-4-11(12(10)14)16(18)19/h2-4,8-9H,5-7H2,1H3,(H,15,17). The van der Waals surface area contributed by atoms with Crippen LogP contribution < -0.4 is 5.32 Å². The molecular weight excluding hydrogens is 284 g/mol. The number of amides is 1. The molecule has 2 unspecified atom stereocenters. The van der Waals surface area contributed by atoms with Crippen molar-refractivity contribution in [2.75, 3.05) is 7.11 Å². The minimum atomic E-state index is -0.602. The first-order valence-electron chi connectivity index (χ1n) is 6.29. The van der Waals surface area contributed by atoms with Gasteiger partial charge in [0.25, 0.3) is 11.6 Å². The van der Waals surface area contributed by atoms with Crippen molar-refractivity contribution in [2.24, 2.45) is 0 Å². The van der Waals surface area contributed by atoms with E-state index < -0.39 is 4.92 Å². The summed E-state index contributed by atoms with van der Waals surface area (Å²) < 4.78 is 5.24. The number of nitro groups is 1. The van der Waals surface area contributed by atoms with Crippen LogP contribution in [0.1, 0.15) is 29.6 Å². The number of carbonyl (C=O) groups is 1. The number of ether oxygens (including phenoxy) is 1. The third kappa shape index (κ3) is 3.08. The number of carbonyl (C=O) groups excluding carboxylic acids is 1. The van der Waals surface area contributed by atoms with Crippen LogP contribution in [0.25, 0.3) is 0 Å². The monoisotopic (exact) mass is 298 g/mol. The normalized spacial score (nSPS) is 21.7. The lowest BCUT2D eigenvalue weighted by molar-refractivity contribution is -0.384. The quantitative estimate of drug-likeness (QED) is 0.684. The molecule has 1 fully saturated rings. The second-order valence-corrected chi connectivity index (χ2v) is 5.11. The molecule has 0 radical (unpaired) electrons. The molecule has 108 valence electrons. The van der Waals surface area contributed by atoms with Gasteiger partial charge < -0.3 is 10.1 Å². The summed E-state index contributed by atoms with van der Waals surface area (Å²) >= 11 is 5.91. The van der Waals surface area contributed by atoms with Crippen molar-refractivity contribution in [3.8, 4) is 0 Å². The van der Waals surface area contributed by atoms with Crippen molar-refractivity contribution in [1.29, 1.82) is 0 Å². The van der Waals surface area contributed by atoms with Gasteiger partial charge in [-0.05, 0) is 25.3 Å². The Morgan fingerprint density at radius 3 is 2.85 bits per heavy atom. The van der Waals surface area contributed by atoms with Crippen molar-refractivity contribution in [2.45, 2.75) is 31.4 Å². The summed E-state index contributed by atoms with van der Waals surface area (Å²) in [7, 11) is 1.65. The van der Waals surface area contributed by atoms with E-state index in [-0.39, 0.29) is 34.3 Å². The first-order valence-corrected chi connectivity index (χ1v) is 6.67. The zero-order valence-electron chi connectivity index (χ0n) is 11.0. The Balaban J connectivity index is 2.10. The Morgan fingerprint density at radius 2 is 2.25 bits per heavy atom. The molecule has 2 rings (SSSR count). The maximum Gasteiger partial charge on any atom is 0.288 e. The lowest BCUT2D eigenvalue weighted by Crippen LogP contribution is -2.33. The maximum atomic E-state index is 12.1. The predicted molar refractivity (Wildman–Crippen MR) is 74.0 cm³/mol. The zero-order chi connectivity index (χ0) is 14.7. The SMILES string of the molecule is COC1CCC(NC(=O)c2cccc([N+](=O)[O-])c2Cl)C1. The summed E-state index contributed by atoms with van der Waals surface area (Å²) in [5.74, 6) is -0.388. The molecule has 20 heavy (non-hydrogen) atoms. The summed E-state index contributed by atoms with van der Waals surface area (Å²) in [6, 6.07) is 4.22. The van der Waals surface area contributed by atoms with Crippen LogP contribution in [0.3, 0.4) is 0 Å². The van der Waals surface area contributed by atoms with E-state index in [4.69, 9.17) is 16.3 Å². The molecule has 0 bridgehead atoms. The number of hydrogen-bond acceptors (Lipinski definition) is 4. The Kier molecular flexibility index (Phi) is 4.57. The summed E-state index contributed by atoms with van der Waals surface area (Å²) in [4.78, 5) is 22.3. The molecule has 0 aromatic heterocycles. The van der Waals surface area contributed by atoms with E-state index in [1.54, 1.807) is 7.11 Å². The summed E-state index contributed by atoms with van der Waals surface area (Å²) in [5, 5.41) is 13.5. The number of methoxy groups -OCH3 is 1. The van der Waals surface area contributed by atoms with E-state index in [1.165, 1.54) is 18.2 Å². The van der Waals surface area contributed by atoms with Gasteiger partial charge in [-0.1, -0.05) is 17.7 Å². The van der Waals surface area contributed by atoms with Crippen LogP contribution in [-0.4, -0.2) is 30.1 Å². The van der Waals surface area contributed by atoms with Crippen LogP contribution >= 0.6 is 11.6 Å². The van der Waals surface area contributed by atoms with Crippen LogP contribution in [0, 0.1) is 10.1 Å². The molecule has 1 aliphatic carbocycles. The Bertz CT molecular complexity index is 535. The average molecular weight is 299 g/mol. The smallest absolute Gasteiger partial charge is 0.288 e. The van der Waals surface area contributed by atoms with Crippen LogP contribution in [-0.2, 0) is 4.74 Å². The molecular formula is C13H15ClN2O4. The fraction of sp³-hybridized carbons (Fsp3) is 0.462. The molecule has 6 nitrogen and oxygen atoms in total.